The Hall–Kier alpha value is -1.05. The summed E-state index contributed by atoms with van der Waals surface area (Å²) in [7, 11) is 0. The second-order valence-corrected chi connectivity index (χ2v) is 1.99. The zero-order valence-electron chi connectivity index (χ0n) is 5.37. The Morgan fingerprint density at radius 3 is 3.00 bits per heavy atom. The Balaban J connectivity index is 2.69. The SMILES string of the molecule is CC1=CC=CCN1C=O. The molecule has 2 nitrogen and oxygen atoms in total. The van der Waals surface area contributed by atoms with Gasteiger partial charge in [-0.2, -0.15) is 0 Å². The van der Waals surface area contributed by atoms with Crippen molar-refractivity contribution in [2.45, 2.75) is 6.92 Å². The smallest absolute Gasteiger partial charge is 0.214 e. The summed E-state index contributed by atoms with van der Waals surface area (Å²) in [6, 6.07) is 0. The van der Waals surface area contributed by atoms with Gasteiger partial charge in [0.05, 0.1) is 0 Å². The lowest BCUT2D eigenvalue weighted by molar-refractivity contribution is -0.116. The van der Waals surface area contributed by atoms with E-state index in [9.17, 15) is 4.79 Å². The molecule has 0 bridgehead atoms. The average molecular weight is 123 g/mol. The molecule has 1 aliphatic rings. The molecule has 0 aromatic heterocycles. The van der Waals surface area contributed by atoms with Crippen LogP contribution in [0.15, 0.2) is 23.9 Å². The highest BCUT2D eigenvalue weighted by Crippen LogP contribution is 2.04. The Kier molecular flexibility index (Phi) is 1.68. The highest BCUT2D eigenvalue weighted by atomic mass is 16.1. The maximum atomic E-state index is 10.2. The third kappa shape index (κ3) is 1.19. The zero-order chi connectivity index (χ0) is 6.69. The summed E-state index contributed by atoms with van der Waals surface area (Å²) in [5.41, 5.74) is 1.01. The normalized spacial score (nSPS) is 17.4. The Labute approximate surface area is 54.5 Å². The Morgan fingerprint density at radius 2 is 2.56 bits per heavy atom. The summed E-state index contributed by atoms with van der Waals surface area (Å²) in [5, 5.41) is 0. The fraction of sp³-hybridized carbons (Fsp3) is 0.286. The molecule has 0 saturated heterocycles. The highest BCUT2D eigenvalue weighted by molar-refractivity contribution is 5.52. The van der Waals surface area contributed by atoms with Crippen LogP contribution in [-0.2, 0) is 4.79 Å². The molecule has 0 fully saturated rings. The minimum atomic E-state index is 0.714. The summed E-state index contributed by atoms with van der Waals surface area (Å²) in [6.07, 6.45) is 6.66. The molecule has 0 atom stereocenters. The molecule has 0 radical (unpaired) electrons. The summed E-state index contributed by atoms with van der Waals surface area (Å²) >= 11 is 0. The number of hydrogen-bond donors (Lipinski definition) is 0. The van der Waals surface area contributed by atoms with Crippen molar-refractivity contribution < 1.29 is 4.79 Å². The lowest BCUT2D eigenvalue weighted by Crippen LogP contribution is -2.21. The molecule has 0 aliphatic carbocycles. The van der Waals surface area contributed by atoms with Gasteiger partial charge >= 0.3 is 0 Å². The Bertz CT molecular complexity index is 170. The van der Waals surface area contributed by atoms with Crippen LogP contribution in [0.3, 0.4) is 0 Å². The standard InChI is InChI=1S/C7H9NO/c1-7-4-2-3-5-8(7)6-9/h2-4,6H,5H2,1H3. The molecule has 9 heavy (non-hydrogen) atoms. The van der Waals surface area contributed by atoms with Crippen LogP contribution in [0, 0.1) is 0 Å². The van der Waals surface area contributed by atoms with Crippen molar-refractivity contribution in [3.05, 3.63) is 23.9 Å². The van der Waals surface area contributed by atoms with E-state index in [-0.39, 0.29) is 0 Å². The third-order valence-electron chi connectivity index (χ3n) is 1.36. The van der Waals surface area contributed by atoms with E-state index in [2.05, 4.69) is 0 Å². The second kappa shape index (κ2) is 2.49. The first kappa shape index (κ1) is 6.08. The molecule has 1 amide bonds. The number of hydrogen-bond acceptors (Lipinski definition) is 1. The van der Waals surface area contributed by atoms with Gasteiger partial charge in [0.2, 0.25) is 6.41 Å². The van der Waals surface area contributed by atoms with Crippen LogP contribution in [0.5, 0.6) is 0 Å². The van der Waals surface area contributed by atoms with E-state index in [1.54, 1.807) is 4.90 Å². The molecule has 1 heterocycles. The van der Waals surface area contributed by atoms with Crippen LogP contribution in [0.4, 0.5) is 0 Å². The maximum Gasteiger partial charge on any atom is 0.214 e. The maximum absolute atomic E-state index is 10.2. The summed E-state index contributed by atoms with van der Waals surface area (Å²) in [5.74, 6) is 0. The second-order valence-electron chi connectivity index (χ2n) is 1.99. The lowest BCUT2D eigenvalue weighted by Gasteiger charge is -2.17. The van der Waals surface area contributed by atoms with Crippen LogP contribution < -0.4 is 0 Å². The number of carbonyl (C=O) groups excluding carboxylic acids is 1. The average Bonchev–Trinajstić information content (AvgIpc) is 1.89. The van der Waals surface area contributed by atoms with Crippen LogP contribution in [0.1, 0.15) is 6.92 Å². The number of carbonyl (C=O) groups is 1. The van der Waals surface area contributed by atoms with E-state index in [0.29, 0.717) is 6.54 Å². The minimum absolute atomic E-state index is 0.714. The molecule has 1 aliphatic heterocycles. The van der Waals surface area contributed by atoms with Crippen molar-refractivity contribution in [1.29, 1.82) is 0 Å². The molecular weight excluding hydrogens is 114 g/mol. The number of allylic oxidation sites excluding steroid dienone is 3. The van der Waals surface area contributed by atoms with Crippen molar-refractivity contribution in [3.63, 3.8) is 0 Å². The topological polar surface area (TPSA) is 20.3 Å². The first-order valence-electron chi connectivity index (χ1n) is 2.90. The van der Waals surface area contributed by atoms with Crippen molar-refractivity contribution in [2.24, 2.45) is 0 Å². The summed E-state index contributed by atoms with van der Waals surface area (Å²) in [6.45, 7) is 2.63. The molecule has 1 rings (SSSR count). The largest absolute Gasteiger partial charge is 0.315 e. The van der Waals surface area contributed by atoms with E-state index in [0.717, 1.165) is 12.1 Å². The fourth-order valence-electron chi connectivity index (χ4n) is 0.748. The highest BCUT2D eigenvalue weighted by Gasteiger charge is 2.01. The molecule has 48 valence electrons. The first-order valence-corrected chi connectivity index (χ1v) is 2.90. The van der Waals surface area contributed by atoms with Gasteiger partial charge in [0.1, 0.15) is 0 Å². The summed E-state index contributed by atoms with van der Waals surface area (Å²) in [4.78, 5) is 11.9. The molecule has 0 aromatic carbocycles. The predicted molar refractivity (Wildman–Crippen MR) is 35.7 cm³/mol. The van der Waals surface area contributed by atoms with Gasteiger partial charge in [-0.1, -0.05) is 12.2 Å². The van der Waals surface area contributed by atoms with Gasteiger partial charge in [-0.3, -0.25) is 4.79 Å². The quantitative estimate of drug-likeness (QED) is 0.475. The van der Waals surface area contributed by atoms with Crippen LogP contribution >= 0.6 is 0 Å². The molecule has 0 unspecified atom stereocenters. The van der Waals surface area contributed by atoms with Gasteiger partial charge < -0.3 is 4.90 Å². The minimum Gasteiger partial charge on any atom is -0.315 e. The third-order valence-corrected chi connectivity index (χ3v) is 1.36. The van der Waals surface area contributed by atoms with Crippen molar-refractivity contribution >= 4 is 6.41 Å². The van der Waals surface area contributed by atoms with Gasteiger partial charge in [0.15, 0.2) is 0 Å². The molecule has 0 N–H and O–H groups in total. The van der Waals surface area contributed by atoms with E-state index in [4.69, 9.17) is 0 Å². The molecule has 0 saturated carbocycles. The van der Waals surface area contributed by atoms with Crippen molar-refractivity contribution in [1.82, 2.24) is 4.90 Å². The molecule has 2 heteroatoms. The van der Waals surface area contributed by atoms with Crippen LogP contribution in [-0.4, -0.2) is 17.9 Å². The van der Waals surface area contributed by atoms with Crippen LogP contribution in [0.25, 0.3) is 0 Å². The number of rotatable bonds is 1. The van der Waals surface area contributed by atoms with E-state index in [1.807, 2.05) is 25.2 Å². The fourth-order valence-corrected chi connectivity index (χ4v) is 0.748. The van der Waals surface area contributed by atoms with Crippen molar-refractivity contribution in [2.75, 3.05) is 6.54 Å². The number of amides is 1. The molecular formula is C7H9NO. The summed E-state index contributed by atoms with van der Waals surface area (Å²) < 4.78 is 0. The number of nitrogens with zero attached hydrogens (tertiary/aromatic N) is 1. The van der Waals surface area contributed by atoms with E-state index < -0.39 is 0 Å². The Morgan fingerprint density at radius 1 is 1.78 bits per heavy atom. The van der Waals surface area contributed by atoms with Gasteiger partial charge in [-0.15, -0.1) is 0 Å². The molecule has 0 spiro atoms. The lowest BCUT2D eigenvalue weighted by atomic mass is 10.3. The van der Waals surface area contributed by atoms with E-state index >= 15 is 0 Å². The van der Waals surface area contributed by atoms with Crippen molar-refractivity contribution in [3.8, 4) is 0 Å². The zero-order valence-corrected chi connectivity index (χ0v) is 5.37. The predicted octanol–water partition coefficient (Wildman–Crippen LogP) is 0.918. The molecule has 0 aromatic rings. The first-order chi connectivity index (χ1) is 4.34. The van der Waals surface area contributed by atoms with Crippen LogP contribution in [0.2, 0.25) is 0 Å². The van der Waals surface area contributed by atoms with E-state index in [1.165, 1.54) is 0 Å². The van der Waals surface area contributed by atoms with Gasteiger partial charge in [-0.05, 0) is 13.0 Å². The van der Waals surface area contributed by atoms with Gasteiger partial charge in [0.25, 0.3) is 0 Å². The van der Waals surface area contributed by atoms with Gasteiger partial charge in [-0.25, -0.2) is 0 Å². The monoisotopic (exact) mass is 123 g/mol. The van der Waals surface area contributed by atoms with Gasteiger partial charge in [0, 0.05) is 12.2 Å².